The molecular weight excluding hydrogens is 273 g/mol. The summed E-state index contributed by atoms with van der Waals surface area (Å²) in [5, 5.41) is 11.9. The lowest BCUT2D eigenvalue weighted by molar-refractivity contribution is -0.138. The molecule has 0 heterocycles. The van der Waals surface area contributed by atoms with Crippen LogP contribution in [0.2, 0.25) is 0 Å². The molecule has 0 aliphatic heterocycles. The van der Waals surface area contributed by atoms with Crippen molar-refractivity contribution in [2.24, 2.45) is 5.41 Å². The number of carboxylic acids is 1. The van der Waals surface area contributed by atoms with Gasteiger partial charge in [0.15, 0.2) is 0 Å². The standard InChI is InChI=1S/C16H22FNO3/c1-16(2,3)9-8-14(19)18-10-13(15(20)21)11-4-6-12(17)7-5-11/h4-7,13H,8-10H2,1-3H3,(H,18,19)(H,20,21). The van der Waals surface area contributed by atoms with Crippen molar-refractivity contribution in [1.29, 1.82) is 0 Å². The first-order valence-electron chi connectivity index (χ1n) is 6.94. The van der Waals surface area contributed by atoms with E-state index in [1.807, 2.05) is 20.8 Å². The first-order chi connectivity index (χ1) is 9.69. The van der Waals surface area contributed by atoms with E-state index in [0.29, 0.717) is 12.0 Å². The minimum atomic E-state index is -1.04. The molecule has 1 atom stereocenters. The Bertz CT molecular complexity index is 491. The summed E-state index contributed by atoms with van der Waals surface area (Å²) in [5.41, 5.74) is 0.528. The fourth-order valence-electron chi connectivity index (χ4n) is 1.84. The molecule has 0 saturated heterocycles. The molecule has 21 heavy (non-hydrogen) atoms. The fraction of sp³-hybridized carbons (Fsp3) is 0.500. The molecule has 0 spiro atoms. The number of amides is 1. The number of rotatable bonds is 6. The van der Waals surface area contributed by atoms with Crippen LogP contribution in [0.25, 0.3) is 0 Å². The first-order valence-corrected chi connectivity index (χ1v) is 6.94. The number of carbonyl (C=O) groups excluding carboxylic acids is 1. The lowest BCUT2D eigenvalue weighted by atomic mass is 9.90. The average Bonchev–Trinajstić information content (AvgIpc) is 2.37. The summed E-state index contributed by atoms with van der Waals surface area (Å²) in [7, 11) is 0. The molecule has 0 fully saturated rings. The lowest BCUT2D eigenvalue weighted by Crippen LogP contribution is -2.32. The number of halogens is 1. The molecule has 4 nitrogen and oxygen atoms in total. The van der Waals surface area contributed by atoms with Crippen molar-refractivity contribution in [2.75, 3.05) is 6.54 Å². The van der Waals surface area contributed by atoms with Crippen LogP contribution < -0.4 is 5.32 Å². The van der Waals surface area contributed by atoms with Gasteiger partial charge in [0.25, 0.3) is 0 Å². The summed E-state index contributed by atoms with van der Waals surface area (Å²) < 4.78 is 12.9. The van der Waals surface area contributed by atoms with Crippen molar-refractivity contribution in [2.45, 2.75) is 39.5 Å². The second kappa shape index (κ2) is 7.20. The molecule has 1 unspecified atom stereocenters. The van der Waals surface area contributed by atoms with E-state index in [4.69, 9.17) is 0 Å². The van der Waals surface area contributed by atoms with Gasteiger partial charge in [-0.05, 0) is 29.5 Å². The van der Waals surface area contributed by atoms with Gasteiger partial charge in [-0.2, -0.15) is 0 Å². The molecule has 1 amide bonds. The molecule has 0 saturated carbocycles. The fourth-order valence-corrected chi connectivity index (χ4v) is 1.84. The molecule has 0 bridgehead atoms. The Hall–Kier alpha value is -1.91. The van der Waals surface area contributed by atoms with Crippen LogP contribution in [0.5, 0.6) is 0 Å². The third-order valence-electron chi connectivity index (χ3n) is 3.18. The van der Waals surface area contributed by atoms with Crippen molar-refractivity contribution in [3.63, 3.8) is 0 Å². The Morgan fingerprint density at radius 3 is 2.29 bits per heavy atom. The monoisotopic (exact) mass is 295 g/mol. The van der Waals surface area contributed by atoms with E-state index >= 15 is 0 Å². The van der Waals surface area contributed by atoms with Gasteiger partial charge in [0, 0.05) is 13.0 Å². The van der Waals surface area contributed by atoms with Crippen LogP contribution in [-0.4, -0.2) is 23.5 Å². The topological polar surface area (TPSA) is 66.4 Å². The minimum Gasteiger partial charge on any atom is -0.481 e. The highest BCUT2D eigenvalue weighted by Crippen LogP contribution is 2.20. The predicted molar refractivity (Wildman–Crippen MR) is 78.5 cm³/mol. The van der Waals surface area contributed by atoms with E-state index in [0.717, 1.165) is 6.42 Å². The predicted octanol–water partition coefficient (Wildman–Crippen LogP) is 2.94. The summed E-state index contributed by atoms with van der Waals surface area (Å²) in [6, 6.07) is 5.28. The number of aliphatic carboxylic acids is 1. The van der Waals surface area contributed by atoms with Crippen LogP contribution in [0.1, 0.15) is 45.1 Å². The number of nitrogens with one attached hydrogen (secondary N) is 1. The third kappa shape index (κ3) is 6.38. The van der Waals surface area contributed by atoms with Gasteiger partial charge in [0.05, 0.1) is 5.92 Å². The number of carbonyl (C=O) groups is 2. The lowest BCUT2D eigenvalue weighted by Gasteiger charge is -2.18. The first kappa shape index (κ1) is 17.1. The van der Waals surface area contributed by atoms with Crippen LogP contribution in [0.15, 0.2) is 24.3 Å². The number of hydrogen-bond donors (Lipinski definition) is 2. The quantitative estimate of drug-likeness (QED) is 0.848. The van der Waals surface area contributed by atoms with E-state index in [1.54, 1.807) is 0 Å². The van der Waals surface area contributed by atoms with Crippen LogP contribution >= 0.6 is 0 Å². The summed E-state index contributed by atoms with van der Waals surface area (Å²) in [6.45, 7) is 6.13. The van der Waals surface area contributed by atoms with Gasteiger partial charge < -0.3 is 10.4 Å². The summed E-state index contributed by atoms with van der Waals surface area (Å²) in [6.07, 6.45) is 1.09. The smallest absolute Gasteiger partial charge is 0.312 e. The van der Waals surface area contributed by atoms with Crippen molar-refractivity contribution in [1.82, 2.24) is 5.32 Å². The molecule has 0 radical (unpaired) electrons. The normalized spacial score (nSPS) is 12.8. The van der Waals surface area contributed by atoms with Crippen molar-refractivity contribution >= 4 is 11.9 Å². The highest BCUT2D eigenvalue weighted by atomic mass is 19.1. The maximum atomic E-state index is 12.9. The van der Waals surface area contributed by atoms with Gasteiger partial charge in [-0.3, -0.25) is 9.59 Å². The molecule has 1 aromatic carbocycles. The second-order valence-electron chi connectivity index (χ2n) is 6.31. The zero-order valence-electron chi connectivity index (χ0n) is 12.6. The van der Waals surface area contributed by atoms with Crippen molar-refractivity contribution in [3.8, 4) is 0 Å². The Morgan fingerprint density at radius 2 is 1.81 bits per heavy atom. The number of carboxylic acid groups (broad SMARTS) is 1. The maximum absolute atomic E-state index is 12.9. The highest BCUT2D eigenvalue weighted by Gasteiger charge is 2.21. The second-order valence-corrected chi connectivity index (χ2v) is 6.31. The van der Waals surface area contributed by atoms with Crippen LogP contribution in [0.4, 0.5) is 4.39 Å². The van der Waals surface area contributed by atoms with Gasteiger partial charge in [0.1, 0.15) is 5.82 Å². The minimum absolute atomic E-state index is 0.00391. The molecular formula is C16H22FNO3. The summed E-state index contributed by atoms with van der Waals surface area (Å²) in [4.78, 5) is 23.0. The van der Waals surface area contributed by atoms with Crippen LogP contribution in [0.3, 0.4) is 0 Å². The molecule has 0 aliphatic carbocycles. The molecule has 2 N–H and O–H groups in total. The summed E-state index contributed by atoms with van der Waals surface area (Å²) in [5.74, 6) is -2.50. The Morgan fingerprint density at radius 1 is 1.24 bits per heavy atom. The molecule has 1 rings (SSSR count). The molecule has 0 aliphatic rings. The zero-order chi connectivity index (χ0) is 16.0. The average molecular weight is 295 g/mol. The maximum Gasteiger partial charge on any atom is 0.312 e. The van der Waals surface area contributed by atoms with Gasteiger partial charge in [-0.15, -0.1) is 0 Å². The molecule has 116 valence electrons. The van der Waals surface area contributed by atoms with Crippen LogP contribution in [-0.2, 0) is 9.59 Å². The van der Waals surface area contributed by atoms with E-state index < -0.39 is 17.7 Å². The number of benzene rings is 1. The van der Waals surface area contributed by atoms with Crippen molar-refractivity contribution < 1.29 is 19.1 Å². The number of hydrogen-bond acceptors (Lipinski definition) is 2. The Balaban J connectivity index is 2.58. The van der Waals surface area contributed by atoms with Gasteiger partial charge in [-0.1, -0.05) is 32.9 Å². The molecule has 1 aromatic rings. The zero-order valence-corrected chi connectivity index (χ0v) is 12.6. The van der Waals surface area contributed by atoms with Crippen molar-refractivity contribution in [3.05, 3.63) is 35.6 Å². The summed E-state index contributed by atoms with van der Waals surface area (Å²) >= 11 is 0. The van der Waals surface area contributed by atoms with Gasteiger partial charge >= 0.3 is 5.97 Å². The Kier molecular flexibility index (Phi) is 5.88. The van der Waals surface area contributed by atoms with E-state index in [-0.39, 0.29) is 17.9 Å². The van der Waals surface area contributed by atoms with Gasteiger partial charge in [0.2, 0.25) is 5.91 Å². The molecule has 0 aromatic heterocycles. The largest absolute Gasteiger partial charge is 0.481 e. The van der Waals surface area contributed by atoms with Crippen LogP contribution in [0, 0.1) is 11.2 Å². The Labute approximate surface area is 124 Å². The third-order valence-corrected chi connectivity index (χ3v) is 3.18. The molecule has 5 heteroatoms. The van der Waals surface area contributed by atoms with E-state index in [1.165, 1.54) is 24.3 Å². The highest BCUT2D eigenvalue weighted by molar-refractivity contribution is 5.79. The van der Waals surface area contributed by atoms with E-state index in [9.17, 15) is 19.1 Å². The van der Waals surface area contributed by atoms with E-state index in [2.05, 4.69) is 5.32 Å². The van der Waals surface area contributed by atoms with Gasteiger partial charge in [-0.25, -0.2) is 4.39 Å². The SMILES string of the molecule is CC(C)(C)CCC(=O)NCC(C(=O)O)c1ccc(F)cc1.